The lowest BCUT2D eigenvalue weighted by Gasteiger charge is -2.26. The van der Waals surface area contributed by atoms with Crippen molar-refractivity contribution in [2.24, 2.45) is 0 Å². The van der Waals surface area contributed by atoms with E-state index in [4.69, 9.17) is 4.74 Å². The quantitative estimate of drug-likeness (QED) is 0.678. The first-order chi connectivity index (χ1) is 13.8. The van der Waals surface area contributed by atoms with E-state index in [-0.39, 0.29) is 17.4 Å². The second-order valence-electron chi connectivity index (χ2n) is 7.36. The number of sulfonamides is 1. The molecule has 2 amide bonds. The Morgan fingerprint density at radius 3 is 2.17 bits per heavy atom. The summed E-state index contributed by atoms with van der Waals surface area (Å²) < 4.78 is 33.0. The Kier molecular flexibility index (Phi) is 4.92. The molecule has 8 heteroatoms. The molecule has 2 aromatic carbocycles. The molecule has 1 saturated carbocycles. The van der Waals surface area contributed by atoms with E-state index in [0.29, 0.717) is 24.3 Å². The first-order valence-electron chi connectivity index (χ1n) is 9.44. The predicted molar refractivity (Wildman–Crippen MR) is 107 cm³/mol. The van der Waals surface area contributed by atoms with Gasteiger partial charge in [0.25, 0.3) is 5.91 Å². The average molecular weight is 414 g/mol. The van der Waals surface area contributed by atoms with Gasteiger partial charge in [0.1, 0.15) is 11.8 Å². The summed E-state index contributed by atoms with van der Waals surface area (Å²) >= 11 is 0. The zero-order valence-corrected chi connectivity index (χ0v) is 17.1. The molecule has 152 valence electrons. The average Bonchev–Trinajstić information content (AvgIpc) is 3.48. The molecule has 1 atom stereocenters. The number of carbonyl (C=O) groups excluding carboxylic acids is 2. The number of imide groups is 1. The number of benzene rings is 2. The summed E-state index contributed by atoms with van der Waals surface area (Å²) in [5.41, 5.74) is 1.35. The molecule has 7 nitrogen and oxygen atoms in total. The second-order valence-corrected chi connectivity index (χ2v) is 9.21. The maximum absolute atomic E-state index is 13.3. The molecule has 1 saturated heterocycles. The maximum Gasteiger partial charge on any atom is 0.252 e. The van der Waals surface area contributed by atoms with Crippen LogP contribution in [0.5, 0.6) is 5.75 Å². The van der Waals surface area contributed by atoms with Gasteiger partial charge < -0.3 is 4.74 Å². The van der Waals surface area contributed by atoms with Crippen LogP contribution in [0.2, 0.25) is 0 Å². The topological polar surface area (TPSA) is 84.0 Å². The number of nitrogens with zero attached hydrogens (tertiary/aromatic N) is 2. The van der Waals surface area contributed by atoms with Gasteiger partial charge in [-0.25, -0.2) is 13.3 Å². The van der Waals surface area contributed by atoms with Crippen LogP contribution in [0.15, 0.2) is 53.4 Å². The minimum absolute atomic E-state index is 0.137. The lowest BCUT2D eigenvalue weighted by atomic mass is 10.2. The van der Waals surface area contributed by atoms with Crippen LogP contribution in [-0.4, -0.2) is 43.7 Å². The van der Waals surface area contributed by atoms with Crippen molar-refractivity contribution in [1.29, 1.82) is 0 Å². The highest BCUT2D eigenvalue weighted by atomic mass is 32.2. The molecule has 4 rings (SSSR count). The molecule has 2 aliphatic rings. The lowest BCUT2D eigenvalue weighted by Crippen LogP contribution is -2.46. The molecule has 1 aliphatic carbocycles. The summed E-state index contributed by atoms with van der Waals surface area (Å²) in [5, 5.41) is 0. The Labute approximate surface area is 169 Å². The molecule has 0 N–H and O–H groups in total. The number of amides is 2. The van der Waals surface area contributed by atoms with E-state index in [0.717, 1.165) is 10.5 Å². The number of rotatable bonds is 6. The van der Waals surface area contributed by atoms with Crippen LogP contribution in [0.25, 0.3) is 0 Å². The molecule has 1 aliphatic heterocycles. The fourth-order valence-electron chi connectivity index (χ4n) is 3.60. The van der Waals surface area contributed by atoms with E-state index in [1.165, 1.54) is 11.4 Å². The molecule has 2 aromatic rings. The second kappa shape index (κ2) is 7.27. The molecule has 0 spiro atoms. The van der Waals surface area contributed by atoms with Crippen LogP contribution < -0.4 is 9.64 Å². The molecule has 2 fully saturated rings. The smallest absolute Gasteiger partial charge is 0.252 e. The Balaban J connectivity index is 1.67. The fourth-order valence-corrected chi connectivity index (χ4v) is 5.42. The fraction of sp³-hybridized carbons (Fsp3) is 0.333. The molecule has 0 bridgehead atoms. The van der Waals surface area contributed by atoms with Crippen LogP contribution in [0.4, 0.5) is 5.69 Å². The van der Waals surface area contributed by atoms with Gasteiger partial charge in [0.05, 0.1) is 24.1 Å². The molecule has 0 radical (unpaired) electrons. The van der Waals surface area contributed by atoms with E-state index in [1.54, 1.807) is 48.5 Å². The molecule has 0 aromatic heterocycles. The highest BCUT2D eigenvalue weighted by molar-refractivity contribution is 7.89. The Hall–Kier alpha value is -2.71. The van der Waals surface area contributed by atoms with E-state index in [2.05, 4.69) is 0 Å². The van der Waals surface area contributed by atoms with Crippen molar-refractivity contribution in [3.05, 3.63) is 54.1 Å². The summed E-state index contributed by atoms with van der Waals surface area (Å²) in [6, 6.07) is 11.8. The van der Waals surface area contributed by atoms with Gasteiger partial charge in [-0.2, -0.15) is 4.31 Å². The molecule has 29 heavy (non-hydrogen) atoms. The monoisotopic (exact) mass is 414 g/mol. The third-order valence-corrected chi connectivity index (χ3v) is 7.24. The lowest BCUT2D eigenvalue weighted by molar-refractivity contribution is -0.122. The van der Waals surface area contributed by atoms with Gasteiger partial charge in [-0.3, -0.25) is 9.59 Å². The maximum atomic E-state index is 13.3. The SMILES string of the molecule is COc1ccc(N2C(=O)CC(N(C3CC3)S(=O)(=O)c3ccc(C)cc3)C2=O)cc1. The minimum Gasteiger partial charge on any atom is -0.497 e. The Morgan fingerprint density at radius 1 is 1.00 bits per heavy atom. The normalized spacial score (nSPS) is 19.8. The number of hydrogen-bond donors (Lipinski definition) is 0. The number of aryl methyl sites for hydroxylation is 1. The predicted octanol–water partition coefficient (Wildman–Crippen LogP) is 2.49. The van der Waals surface area contributed by atoms with Crippen molar-refractivity contribution in [1.82, 2.24) is 4.31 Å². The van der Waals surface area contributed by atoms with Crippen molar-refractivity contribution in [3.63, 3.8) is 0 Å². The van der Waals surface area contributed by atoms with Crippen molar-refractivity contribution in [3.8, 4) is 5.75 Å². The van der Waals surface area contributed by atoms with Crippen LogP contribution in [0.3, 0.4) is 0 Å². The molecule has 1 heterocycles. The van der Waals surface area contributed by atoms with E-state index < -0.39 is 27.9 Å². The largest absolute Gasteiger partial charge is 0.497 e. The summed E-state index contributed by atoms with van der Waals surface area (Å²) in [7, 11) is -2.37. The van der Waals surface area contributed by atoms with E-state index >= 15 is 0 Å². The summed E-state index contributed by atoms with van der Waals surface area (Å²) in [6.07, 6.45) is 1.21. The van der Waals surface area contributed by atoms with E-state index in [9.17, 15) is 18.0 Å². The van der Waals surface area contributed by atoms with Crippen molar-refractivity contribution >= 4 is 27.5 Å². The number of hydrogen-bond acceptors (Lipinski definition) is 5. The summed E-state index contributed by atoms with van der Waals surface area (Å²) in [4.78, 5) is 27.0. The third-order valence-electron chi connectivity index (χ3n) is 5.26. The highest BCUT2D eigenvalue weighted by Crippen LogP contribution is 2.38. The van der Waals surface area contributed by atoms with Gasteiger partial charge in [-0.15, -0.1) is 0 Å². The highest BCUT2D eigenvalue weighted by Gasteiger charge is 2.51. The van der Waals surface area contributed by atoms with Gasteiger partial charge in [0.2, 0.25) is 15.9 Å². The van der Waals surface area contributed by atoms with Crippen molar-refractivity contribution in [2.45, 2.75) is 43.2 Å². The van der Waals surface area contributed by atoms with Crippen molar-refractivity contribution < 1.29 is 22.7 Å². The number of anilines is 1. The zero-order valence-electron chi connectivity index (χ0n) is 16.2. The standard InChI is InChI=1S/C21H22N2O5S/c1-14-3-11-18(12-4-14)29(26,27)23(16-5-6-16)19-13-20(24)22(21(19)25)15-7-9-17(28-2)10-8-15/h3-4,7-12,16,19H,5-6,13H2,1-2H3. The molecule has 1 unspecified atom stereocenters. The van der Waals surface area contributed by atoms with Gasteiger partial charge in [-0.1, -0.05) is 17.7 Å². The van der Waals surface area contributed by atoms with Crippen molar-refractivity contribution in [2.75, 3.05) is 12.0 Å². The third kappa shape index (κ3) is 3.54. The Morgan fingerprint density at radius 2 is 1.62 bits per heavy atom. The van der Waals surface area contributed by atoms with Crippen LogP contribution in [0.1, 0.15) is 24.8 Å². The van der Waals surface area contributed by atoms with Crippen LogP contribution >= 0.6 is 0 Å². The first-order valence-corrected chi connectivity index (χ1v) is 10.9. The van der Waals surface area contributed by atoms with E-state index in [1.807, 2.05) is 6.92 Å². The number of carbonyl (C=O) groups is 2. The summed E-state index contributed by atoms with van der Waals surface area (Å²) in [6.45, 7) is 1.88. The first kappa shape index (κ1) is 19.6. The molecular formula is C21H22N2O5S. The van der Waals surface area contributed by atoms with Gasteiger partial charge >= 0.3 is 0 Å². The summed E-state index contributed by atoms with van der Waals surface area (Å²) in [5.74, 6) is -0.316. The van der Waals surface area contributed by atoms with Crippen LogP contribution in [-0.2, 0) is 19.6 Å². The van der Waals surface area contributed by atoms with Gasteiger partial charge in [0.15, 0.2) is 0 Å². The zero-order chi connectivity index (χ0) is 20.8. The van der Waals surface area contributed by atoms with Gasteiger partial charge in [-0.05, 0) is 56.2 Å². The number of methoxy groups -OCH3 is 1. The van der Waals surface area contributed by atoms with Gasteiger partial charge in [0, 0.05) is 6.04 Å². The van der Waals surface area contributed by atoms with Crippen LogP contribution in [0, 0.1) is 6.92 Å². The minimum atomic E-state index is -3.90. The Bertz CT molecular complexity index is 1040. The number of ether oxygens (including phenoxy) is 1. The molecular weight excluding hydrogens is 392 g/mol.